The van der Waals surface area contributed by atoms with E-state index in [1.807, 2.05) is 30.5 Å². The first-order valence-electron chi connectivity index (χ1n) is 8.29. The molecule has 2 atom stereocenters. The molecule has 2 amide bonds. The average molecular weight is 335 g/mol. The molecule has 2 aliphatic heterocycles. The van der Waals surface area contributed by atoms with Crippen molar-refractivity contribution in [2.45, 2.75) is 36.2 Å². The van der Waals surface area contributed by atoms with Crippen molar-refractivity contribution in [1.29, 1.82) is 0 Å². The van der Waals surface area contributed by atoms with Crippen LogP contribution in [0.25, 0.3) is 0 Å². The second-order valence-corrected chi connectivity index (χ2v) is 7.02. The Morgan fingerprint density at radius 3 is 2.87 bits per heavy atom. The molecule has 0 aliphatic carbocycles. The first kappa shape index (κ1) is 16.6. The molecule has 3 rings (SSSR count). The third-order valence-corrected chi connectivity index (χ3v) is 5.28. The fraction of sp³-hybridized carbons (Fsp3) is 0.588. The Morgan fingerprint density at radius 2 is 2.09 bits per heavy atom. The Morgan fingerprint density at radius 1 is 1.26 bits per heavy atom. The molecule has 1 aromatic carbocycles. The van der Waals surface area contributed by atoms with Gasteiger partial charge in [0.25, 0.3) is 0 Å². The van der Waals surface area contributed by atoms with Gasteiger partial charge in [0.2, 0.25) is 0 Å². The summed E-state index contributed by atoms with van der Waals surface area (Å²) >= 11 is 1.66. The molecule has 6 heteroatoms. The molecular formula is C17H25N3O2S. The maximum absolute atomic E-state index is 12.3. The van der Waals surface area contributed by atoms with Gasteiger partial charge >= 0.3 is 6.03 Å². The van der Waals surface area contributed by atoms with E-state index in [9.17, 15) is 4.79 Å². The number of urea groups is 1. The number of thioether (sulfide) groups is 1. The van der Waals surface area contributed by atoms with E-state index < -0.39 is 0 Å². The molecule has 0 unspecified atom stereocenters. The van der Waals surface area contributed by atoms with Gasteiger partial charge in [-0.15, -0.1) is 11.8 Å². The van der Waals surface area contributed by atoms with E-state index >= 15 is 0 Å². The Balaban J connectivity index is 1.55. The number of carbonyl (C=O) groups excluding carboxylic acids is 1. The number of ether oxygens (including phenoxy) is 1. The van der Waals surface area contributed by atoms with Crippen molar-refractivity contribution >= 4 is 23.5 Å². The highest BCUT2D eigenvalue weighted by molar-refractivity contribution is 7.98. The molecule has 0 spiro atoms. The zero-order chi connectivity index (χ0) is 16.1. The predicted octanol–water partition coefficient (Wildman–Crippen LogP) is 2.78. The van der Waals surface area contributed by atoms with E-state index in [0.29, 0.717) is 19.3 Å². The smallest absolute Gasteiger partial charge is 0.319 e. The lowest BCUT2D eigenvalue weighted by atomic mass is 10.1. The fourth-order valence-corrected chi connectivity index (χ4v) is 3.79. The second-order valence-electron chi connectivity index (χ2n) is 6.14. The molecule has 2 saturated heterocycles. The van der Waals surface area contributed by atoms with E-state index in [2.05, 4.69) is 15.5 Å². The van der Waals surface area contributed by atoms with Gasteiger partial charge in [-0.1, -0.05) is 12.5 Å². The van der Waals surface area contributed by atoms with Crippen LogP contribution < -0.4 is 10.6 Å². The summed E-state index contributed by atoms with van der Waals surface area (Å²) in [6.07, 6.45) is 5.83. The summed E-state index contributed by atoms with van der Waals surface area (Å²) in [5, 5.41) is 6.02. The Hall–Kier alpha value is -1.24. The van der Waals surface area contributed by atoms with Crippen molar-refractivity contribution in [3.05, 3.63) is 24.3 Å². The summed E-state index contributed by atoms with van der Waals surface area (Å²) in [6.45, 7) is 3.54. The van der Waals surface area contributed by atoms with Crippen molar-refractivity contribution < 1.29 is 9.53 Å². The van der Waals surface area contributed by atoms with E-state index in [0.717, 1.165) is 23.7 Å². The van der Waals surface area contributed by atoms with Crippen LogP contribution in [0, 0.1) is 0 Å². The molecular weight excluding hydrogens is 310 g/mol. The van der Waals surface area contributed by atoms with Crippen LogP contribution in [0.4, 0.5) is 10.5 Å². The molecule has 23 heavy (non-hydrogen) atoms. The summed E-state index contributed by atoms with van der Waals surface area (Å²) < 4.78 is 5.62. The van der Waals surface area contributed by atoms with Crippen LogP contribution in [-0.2, 0) is 4.74 Å². The van der Waals surface area contributed by atoms with Crippen LogP contribution in [0.5, 0.6) is 0 Å². The summed E-state index contributed by atoms with van der Waals surface area (Å²) in [5.74, 6) is 0. The number of rotatable bonds is 4. The van der Waals surface area contributed by atoms with Crippen LogP contribution in [0.1, 0.15) is 19.3 Å². The molecule has 126 valence electrons. The van der Waals surface area contributed by atoms with Gasteiger partial charge < -0.3 is 15.4 Å². The van der Waals surface area contributed by atoms with Gasteiger partial charge in [0, 0.05) is 10.6 Å². The number of piperidine rings is 1. The minimum Gasteiger partial charge on any atom is -0.378 e. The molecule has 5 nitrogen and oxygen atoms in total. The number of hydrogen-bond acceptors (Lipinski definition) is 4. The number of hydrogen-bond donors (Lipinski definition) is 2. The van der Waals surface area contributed by atoms with Crippen molar-refractivity contribution in [2.75, 3.05) is 37.9 Å². The lowest BCUT2D eigenvalue weighted by Gasteiger charge is -2.34. The lowest BCUT2D eigenvalue weighted by molar-refractivity contribution is 0.125. The van der Waals surface area contributed by atoms with E-state index in [1.165, 1.54) is 19.3 Å². The van der Waals surface area contributed by atoms with E-state index in [4.69, 9.17) is 4.74 Å². The molecule has 0 aromatic heterocycles. The molecule has 2 N–H and O–H groups in total. The topological polar surface area (TPSA) is 53.6 Å². The Kier molecular flexibility index (Phi) is 5.80. The van der Waals surface area contributed by atoms with E-state index in [1.54, 1.807) is 11.8 Å². The summed E-state index contributed by atoms with van der Waals surface area (Å²) in [4.78, 5) is 15.9. The number of anilines is 1. The second kappa shape index (κ2) is 8.04. The number of likely N-dealkylation sites (tertiary alicyclic amines) is 1. The average Bonchev–Trinajstić information content (AvgIpc) is 3.03. The van der Waals surface area contributed by atoms with Gasteiger partial charge in [0.1, 0.15) is 0 Å². The molecule has 0 bridgehead atoms. The number of nitrogens with one attached hydrogen (secondary N) is 2. The monoisotopic (exact) mass is 335 g/mol. The largest absolute Gasteiger partial charge is 0.378 e. The molecule has 0 saturated carbocycles. The third-order valence-electron chi connectivity index (χ3n) is 4.55. The van der Waals surface area contributed by atoms with Crippen LogP contribution in [-0.4, -0.2) is 55.6 Å². The number of carbonyl (C=O) groups is 1. The number of benzene rings is 1. The van der Waals surface area contributed by atoms with Crippen molar-refractivity contribution in [1.82, 2.24) is 10.2 Å². The van der Waals surface area contributed by atoms with Gasteiger partial charge in [-0.05, 0) is 50.4 Å². The maximum atomic E-state index is 12.3. The lowest BCUT2D eigenvalue weighted by Crippen LogP contribution is -2.53. The van der Waals surface area contributed by atoms with Gasteiger partial charge in [0.05, 0.1) is 25.3 Å². The van der Waals surface area contributed by atoms with Gasteiger partial charge in [-0.25, -0.2) is 4.79 Å². The molecule has 2 aliphatic rings. The maximum Gasteiger partial charge on any atom is 0.319 e. The SMILES string of the molecule is CSc1cccc(NC(=O)N[C@@H]2COC[C@H]2N2CCCCC2)c1. The van der Waals surface area contributed by atoms with Crippen molar-refractivity contribution in [3.63, 3.8) is 0 Å². The molecule has 1 aromatic rings. The first-order valence-corrected chi connectivity index (χ1v) is 9.52. The van der Waals surface area contributed by atoms with Gasteiger partial charge in [-0.2, -0.15) is 0 Å². The molecule has 2 fully saturated rings. The minimum absolute atomic E-state index is 0.0665. The Labute approximate surface area is 142 Å². The number of nitrogens with zero attached hydrogens (tertiary/aromatic N) is 1. The van der Waals surface area contributed by atoms with Crippen LogP contribution in [0.15, 0.2) is 29.2 Å². The first-order chi connectivity index (χ1) is 11.3. The summed E-state index contributed by atoms with van der Waals surface area (Å²) in [6, 6.07) is 8.10. The van der Waals surface area contributed by atoms with E-state index in [-0.39, 0.29) is 12.1 Å². The Bertz CT molecular complexity index is 534. The minimum atomic E-state index is -0.152. The number of amides is 2. The highest BCUT2D eigenvalue weighted by Crippen LogP contribution is 2.20. The molecule has 0 radical (unpaired) electrons. The summed E-state index contributed by atoms with van der Waals surface area (Å²) in [5.41, 5.74) is 0.822. The highest BCUT2D eigenvalue weighted by Gasteiger charge is 2.34. The van der Waals surface area contributed by atoms with Crippen molar-refractivity contribution in [2.24, 2.45) is 0 Å². The fourth-order valence-electron chi connectivity index (χ4n) is 3.33. The summed E-state index contributed by atoms with van der Waals surface area (Å²) in [7, 11) is 0. The van der Waals surface area contributed by atoms with Gasteiger partial charge in [0.15, 0.2) is 0 Å². The predicted molar refractivity (Wildman–Crippen MR) is 94.2 cm³/mol. The van der Waals surface area contributed by atoms with Crippen LogP contribution >= 0.6 is 11.8 Å². The molecule has 2 heterocycles. The zero-order valence-corrected chi connectivity index (χ0v) is 14.4. The van der Waals surface area contributed by atoms with Gasteiger partial charge in [-0.3, -0.25) is 4.90 Å². The van der Waals surface area contributed by atoms with Crippen LogP contribution in [0.2, 0.25) is 0 Å². The highest BCUT2D eigenvalue weighted by atomic mass is 32.2. The quantitative estimate of drug-likeness (QED) is 0.831. The van der Waals surface area contributed by atoms with Crippen molar-refractivity contribution in [3.8, 4) is 0 Å². The standard InChI is InChI=1S/C17H25N3O2S/c1-23-14-7-5-6-13(10-14)18-17(21)19-15-11-22-12-16(15)20-8-3-2-4-9-20/h5-7,10,15-16H,2-4,8-9,11-12H2,1H3,(H2,18,19,21)/t15-,16-/m1/s1. The normalized spacial score (nSPS) is 25.3. The third kappa shape index (κ3) is 4.40. The van der Waals surface area contributed by atoms with Crippen LogP contribution in [0.3, 0.4) is 0 Å². The zero-order valence-electron chi connectivity index (χ0n) is 13.6.